The Morgan fingerprint density at radius 1 is 1.44 bits per heavy atom. The van der Waals surface area contributed by atoms with Crippen LogP contribution < -0.4 is 5.32 Å². The van der Waals surface area contributed by atoms with Gasteiger partial charge >= 0.3 is 0 Å². The van der Waals surface area contributed by atoms with Gasteiger partial charge in [-0.25, -0.2) is 8.78 Å². The number of hydrogen-bond acceptors (Lipinski definition) is 1. The zero-order chi connectivity index (χ0) is 12.1. The van der Waals surface area contributed by atoms with Gasteiger partial charge in [0.15, 0.2) is 0 Å². The maximum Gasteiger partial charge on any atom is 0.128 e. The third kappa shape index (κ3) is 3.14. The van der Waals surface area contributed by atoms with E-state index in [-0.39, 0.29) is 11.9 Å². The van der Waals surface area contributed by atoms with Crippen molar-refractivity contribution in [2.75, 3.05) is 7.05 Å². The van der Waals surface area contributed by atoms with E-state index in [1.807, 2.05) is 6.92 Å². The predicted octanol–water partition coefficient (Wildman–Crippen LogP) is 3.58. The number of halogens is 2. The summed E-state index contributed by atoms with van der Waals surface area (Å²) in [5.74, 6) is -0.802. The Morgan fingerprint density at radius 2 is 2.12 bits per heavy atom. The quantitative estimate of drug-likeness (QED) is 0.755. The zero-order valence-corrected chi connectivity index (χ0v) is 9.69. The van der Waals surface area contributed by atoms with E-state index in [1.54, 1.807) is 7.05 Å². The summed E-state index contributed by atoms with van der Waals surface area (Å²) in [6, 6.07) is 3.30. The molecule has 0 aliphatic heterocycles. The van der Waals surface area contributed by atoms with Crippen LogP contribution in [0.1, 0.15) is 31.4 Å². The standard InChI is InChI=1S/C13H17F2N/c1-4-9(2)7-13(16-3)11-8-10(14)5-6-12(11)15/h5-6,8,13,16H,2,4,7H2,1,3H3. The number of hydrogen-bond donors (Lipinski definition) is 1. The highest BCUT2D eigenvalue weighted by atomic mass is 19.1. The molecule has 0 saturated heterocycles. The molecular weight excluding hydrogens is 208 g/mol. The highest BCUT2D eigenvalue weighted by Crippen LogP contribution is 2.24. The van der Waals surface area contributed by atoms with Crippen molar-refractivity contribution in [3.63, 3.8) is 0 Å². The van der Waals surface area contributed by atoms with Crippen LogP contribution in [0.2, 0.25) is 0 Å². The van der Waals surface area contributed by atoms with Crippen LogP contribution in [0.5, 0.6) is 0 Å². The van der Waals surface area contributed by atoms with Crippen LogP contribution >= 0.6 is 0 Å². The lowest BCUT2D eigenvalue weighted by Gasteiger charge is -2.18. The average Bonchev–Trinajstić information content (AvgIpc) is 2.29. The van der Waals surface area contributed by atoms with Gasteiger partial charge in [0.1, 0.15) is 11.6 Å². The maximum absolute atomic E-state index is 13.5. The molecule has 0 saturated carbocycles. The van der Waals surface area contributed by atoms with Gasteiger partial charge in [0.25, 0.3) is 0 Å². The first kappa shape index (κ1) is 12.8. The summed E-state index contributed by atoms with van der Waals surface area (Å²) in [6.07, 6.45) is 1.46. The Bertz CT molecular complexity index is 374. The second kappa shape index (κ2) is 5.75. The van der Waals surface area contributed by atoms with Crippen molar-refractivity contribution in [1.82, 2.24) is 5.32 Å². The maximum atomic E-state index is 13.5. The smallest absolute Gasteiger partial charge is 0.128 e. The first-order chi connectivity index (χ1) is 7.58. The van der Waals surface area contributed by atoms with Gasteiger partial charge in [-0.15, -0.1) is 0 Å². The lowest BCUT2D eigenvalue weighted by Crippen LogP contribution is -2.18. The van der Waals surface area contributed by atoms with E-state index in [0.717, 1.165) is 24.1 Å². The summed E-state index contributed by atoms with van der Waals surface area (Å²) >= 11 is 0. The molecule has 0 radical (unpaired) electrons. The van der Waals surface area contributed by atoms with Crippen LogP contribution in [-0.4, -0.2) is 7.05 Å². The molecule has 0 bridgehead atoms. The van der Waals surface area contributed by atoms with Gasteiger partial charge in [0, 0.05) is 11.6 Å². The van der Waals surface area contributed by atoms with Crippen molar-refractivity contribution in [3.05, 3.63) is 47.5 Å². The van der Waals surface area contributed by atoms with Gasteiger partial charge < -0.3 is 5.32 Å². The molecule has 0 fully saturated rings. The van der Waals surface area contributed by atoms with Crippen molar-refractivity contribution in [2.24, 2.45) is 0 Å². The topological polar surface area (TPSA) is 12.0 Å². The van der Waals surface area contributed by atoms with Crippen molar-refractivity contribution in [3.8, 4) is 0 Å². The van der Waals surface area contributed by atoms with Crippen LogP contribution in [0, 0.1) is 11.6 Å². The van der Waals surface area contributed by atoms with Gasteiger partial charge in [-0.3, -0.25) is 0 Å². The molecule has 0 heterocycles. The second-order valence-corrected chi connectivity index (χ2v) is 3.81. The SMILES string of the molecule is C=C(CC)CC(NC)c1cc(F)ccc1F. The minimum absolute atomic E-state index is 0.219. The molecule has 1 aromatic carbocycles. The molecule has 0 aliphatic rings. The van der Waals surface area contributed by atoms with Crippen LogP contribution in [0.4, 0.5) is 8.78 Å². The number of rotatable bonds is 5. The highest BCUT2D eigenvalue weighted by Gasteiger charge is 2.15. The molecule has 88 valence electrons. The van der Waals surface area contributed by atoms with Gasteiger partial charge in [-0.05, 0) is 38.1 Å². The van der Waals surface area contributed by atoms with Gasteiger partial charge in [-0.1, -0.05) is 19.1 Å². The average molecular weight is 225 g/mol. The molecular formula is C13H17F2N. The zero-order valence-electron chi connectivity index (χ0n) is 9.69. The van der Waals surface area contributed by atoms with E-state index in [1.165, 1.54) is 6.07 Å². The molecule has 1 unspecified atom stereocenters. The molecule has 3 heteroatoms. The molecule has 1 N–H and O–H groups in total. The minimum atomic E-state index is -0.418. The first-order valence-corrected chi connectivity index (χ1v) is 5.37. The van der Waals surface area contributed by atoms with Gasteiger partial charge in [-0.2, -0.15) is 0 Å². The lowest BCUT2D eigenvalue weighted by atomic mass is 9.98. The second-order valence-electron chi connectivity index (χ2n) is 3.81. The van der Waals surface area contributed by atoms with E-state index < -0.39 is 5.82 Å². The van der Waals surface area contributed by atoms with Crippen LogP contribution in [0.25, 0.3) is 0 Å². The molecule has 1 rings (SSSR count). The van der Waals surface area contributed by atoms with Crippen LogP contribution in [0.3, 0.4) is 0 Å². The molecule has 0 aromatic heterocycles. The molecule has 1 nitrogen and oxygen atoms in total. The first-order valence-electron chi connectivity index (χ1n) is 5.37. The molecule has 1 atom stereocenters. The van der Waals surface area contributed by atoms with Crippen LogP contribution in [0.15, 0.2) is 30.4 Å². The molecule has 1 aromatic rings. The Morgan fingerprint density at radius 3 is 2.69 bits per heavy atom. The lowest BCUT2D eigenvalue weighted by molar-refractivity contribution is 0.519. The summed E-state index contributed by atoms with van der Waals surface area (Å²) < 4.78 is 26.6. The fraction of sp³-hybridized carbons (Fsp3) is 0.385. The normalized spacial score (nSPS) is 12.5. The Balaban J connectivity index is 2.94. The summed E-state index contributed by atoms with van der Waals surface area (Å²) in [4.78, 5) is 0. The Kier molecular flexibility index (Phi) is 4.62. The van der Waals surface area contributed by atoms with Crippen molar-refractivity contribution >= 4 is 0 Å². The molecule has 0 aliphatic carbocycles. The summed E-state index contributed by atoms with van der Waals surface area (Å²) in [6.45, 7) is 5.88. The summed E-state index contributed by atoms with van der Waals surface area (Å²) in [5, 5.41) is 2.98. The molecule has 0 amide bonds. The van der Waals surface area contributed by atoms with E-state index in [0.29, 0.717) is 12.0 Å². The van der Waals surface area contributed by atoms with Crippen molar-refractivity contribution < 1.29 is 8.78 Å². The van der Waals surface area contributed by atoms with Gasteiger partial charge in [0.05, 0.1) is 0 Å². The molecule has 16 heavy (non-hydrogen) atoms. The van der Waals surface area contributed by atoms with E-state index >= 15 is 0 Å². The van der Waals surface area contributed by atoms with Crippen molar-refractivity contribution in [1.29, 1.82) is 0 Å². The van der Waals surface area contributed by atoms with Crippen LogP contribution in [-0.2, 0) is 0 Å². The number of nitrogens with one attached hydrogen (secondary N) is 1. The highest BCUT2D eigenvalue weighted by molar-refractivity contribution is 5.23. The molecule has 0 spiro atoms. The Hall–Kier alpha value is -1.22. The van der Waals surface area contributed by atoms with E-state index in [2.05, 4.69) is 11.9 Å². The summed E-state index contributed by atoms with van der Waals surface area (Å²) in [5.41, 5.74) is 1.38. The van der Waals surface area contributed by atoms with Crippen molar-refractivity contribution in [2.45, 2.75) is 25.8 Å². The fourth-order valence-electron chi connectivity index (χ4n) is 1.58. The third-order valence-electron chi connectivity index (χ3n) is 2.67. The largest absolute Gasteiger partial charge is 0.313 e. The fourth-order valence-corrected chi connectivity index (χ4v) is 1.58. The number of benzene rings is 1. The van der Waals surface area contributed by atoms with E-state index in [9.17, 15) is 8.78 Å². The monoisotopic (exact) mass is 225 g/mol. The van der Waals surface area contributed by atoms with E-state index in [4.69, 9.17) is 0 Å². The third-order valence-corrected chi connectivity index (χ3v) is 2.67. The van der Waals surface area contributed by atoms with Gasteiger partial charge in [0.2, 0.25) is 0 Å². The summed E-state index contributed by atoms with van der Waals surface area (Å²) in [7, 11) is 1.73. The minimum Gasteiger partial charge on any atom is -0.313 e. The Labute approximate surface area is 95.2 Å². The predicted molar refractivity (Wildman–Crippen MR) is 62.2 cm³/mol.